The molecular formula is C23H22N2O5. The van der Waals surface area contributed by atoms with E-state index in [9.17, 15) is 19.5 Å². The molecule has 2 aromatic carbocycles. The summed E-state index contributed by atoms with van der Waals surface area (Å²) in [7, 11) is 0. The van der Waals surface area contributed by atoms with Crippen LogP contribution in [-0.4, -0.2) is 52.7 Å². The molecule has 2 aliphatic heterocycles. The van der Waals surface area contributed by atoms with E-state index in [1.807, 2.05) is 36.4 Å². The molecule has 154 valence electrons. The van der Waals surface area contributed by atoms with Crippen molar-refractivity contribution in [3.63, 3.8) is 0 Å². The molecule has 2 fully saturated rings. The molecule has 2 atom stereocenters. The van der Waals surface area contributed by atoms with Crippen LogP contribution >= 0.6 is 0 Å². The van der Waals surface area contributed by atoms with Crippen LogP contribution in [0.25, 0.3) is 11.1 Å². The predicted molar refractivity (Wildman–Crippen MR) is 108 cm³/mol. The van der Waals surface area contributed by atoms with Crippen molar-refractivity contribution < 1.29 is 24.2 Å². The zero-order chi connectivity index (χ0) is 20.9. The van der Waals surface area contributed by atoms with Crippen molar-refractivity contribution in [2.45, 2.75) is 36.8 Å². The van der Waals surface area contributed by atoms with Crippen LogP contribution in [0.15, 0.2) is 48.5 Å². The molecule has 0 radical (unpaired) electrons. The lowest BCUT2D eigenvalue weighted by Crippen LogP contribution is -2.47. The number of hydrogen-bond donors (Lipinski definition) is 2. The van der Waals surface area contributed by atoms with Crippen LogP contribution in [0.4, 0.5) is 4.79 Å². The first-order valence-electron chi connectivity index (χ1n) is 10.2. The summed E-state index contributed by atoms with van der Waals surface area (Å²) in [4.78, 5) is 38.2. The summed E-state index contributed by atoms with van der Waals surface area (Å²) in [6.07, 6.45) is 0.454. The van der Waals surface area contributed by atoms with E-state index in [0.29, 0.717) is 19.4 Å². The van der Waals surface area contributed by atoms with Crippen molar-refractivity contribution in [3.8, 4) is 11.1 Å². The molecule has 0 aromatic heterocycles. The second-order valence-electron chi connectivity index (χ2n) is 8.16. The zero-order valence-corrected chi connectivity index (χ0v) is 16.3. The van der Waals surface area contributed by atoms with Crippen molar-refractivity contribution in [2.24, 2.45) is 0 Å². The predicted octanol–water partition coefficient (Wildman–Crippen LogP) is 2.74. The number of carboxylic acids is 1. The van der Waals surface area contributed by atoms with Crippen LogP contribution in [0.5, 0.6) is 0 Å². The van der Waals surface area contributed by atoms with E-state index in [2.05, 4.69) is 17.4 Å². The van der Waals surface area contributed by atoms with Gasteiger partial charge in [-0.2, -0.15) is 0 Å². The van der Waals surface area contributed by atoms with E-state index in [1.165, 1.54) is 4.90 Å². The average molecular weight is 406 g/mol. The minimum absolute atomic E-state index is 0.0732. The maximum absolute atomic E-state index is 12.6. The summed E-state index contributed by atoms with van der Waals surface area (Å²) in [5.41, 5.74) is 3.29. The Morgan fingerprint density at radius 1 is 1.10 bits per heavy atom. The molecule has 0 spiro atoms. The fourth-order valence-electron chi connectivity index (χ4n) is 5.23. The Hall–Kier alpha value is -3.35. The lowest BCUT2D eigenvalue weighted by atomic mass is 9.93. The summed E-state index contributed by atoms with van der Waals surface area (Å²) in [5.74, 6) is -1.43. The number of benzene rings is 2. The van der Waals surface area contributed by atoms with Crippen LogP contribution in [0, 0.1) is 0 Å². The molecule has 2 heterocycles. The third kappa shape index (κ3) is 2.69. The van der Waals surface area contributed by atoms with Gasteiger partial charge >= 0.3 is 12.1 Å². The Morgan fingerprint density at radius 2 is 1.73 bits per heavy atom. The highest BCUT2D eigenvalue weighted by molar-refractivity contribution is 5.96. The smallest absolute Gasteiger partial charge is 0.407 e. The van der Waals surface area contributed by atoms with Gasteiger partial charge in [0.25, 0.3) is 0 Å². The van der Waals surface area contributed by atoms with Crippen LogP contribution in [0.2, 0.25) is 0 Å². The van der Waals surface area contributed by atoms with Gasteiger partial charge in [-0.05, 0) is 35.1 Å². The summed E-state index contributed by atoms with van der Waals surface area (Å²) in [6, 6.07) is 15.2. The molecule has 1 aliphatic carbocycles. The van der Waals surface area contributed by atoms with Gasteiger partial charge in [-0.15, -0.1) is 0 Å². The summed E-state index contributed by atoms with van der Waals surface area (Å²) < 4.78 is 5.50. The minimum Gasteiger partial charge on any atom is -0.479 e. The summed E-state index contributed by atoms with van der Waals surface area (Å²) in [5, 5.41) is 12.2. The van der Waals surface area contributed by atoms with Crippen molar-refractivity contribution in [2.75, 3.05) is 13.2 Å². The number of ether oxygens (including phenoxy) is 1. The topological polar surface area (TPSA) is 95.9 Å². The van der Waals surface area contributed by atoms with Gasteiger partial charge in [-0.1, -0.05) is 48.5 Å². The SMILES string of the molecule is O=C(N[C@H]1C[C@]2(C(=O)O)CCCN2C1=O)OCC1c2ccccc2-c2ccccc21. The molecule has 0 bridgehead atoms. The molecule has 2 saturated heterocycles. The molecule has 3 aliphatic rings. The first kappa shape index (κ1) is 18.7. The Balaban J connectivity index is 1.28. The zero-order valence-electron chi connectivity index (χ0n) is 16.3. The molecule has 5 rings (SSSR count). The second kappa shape index (κ2) is 6.86. The number of amides is 2. The number of nitrogens with zero attached hydrogens (tertiary/aromatic N) is 1. The highest BCUT2D eigenvalue weighted by Crippen LogP contribution is 2.44. The first-order valence-corrected chi connectivity index (χ1v) is 10.2. The molecule has 7 heteroatoms. The average Bonchev–Trinajstić information content (AvgIpc) is 3.38. The van der Waals surface area contributed by atoms with Gasteiger partial charge in [0.2, 0.25) is 5.91 Å². The van der Waals surface area contributed by atoms with Crippen LogP contribution in [0.3, 0.4) is 0 Å². The quantitative estimate of drug-likeness (QED) is 0.814. The van der Waals surface area contributed by atoms with Crippen LogP contribution < -0.4 is 5.32 Å². The highest BCUT2D eigenvalue weighted by atomic mass is 16.5. The van der Waals surface area contributed by atoms with Crippen molar-refractivity contribution in [3.05, 3.63) is 59.7 Å². The third-order valence-electron chi connectivity index (χ3n) is 6.63. The standard InChI is InChI=1S/C23H22N2O5/c26-20-19(12-23(21(27)28)10-5-11-25(20)23)24-22(29)30-13-18-16-8-3-1-6-14(16)15-7-2-4-9-17(15)18/h1-4,6-9,18-19H,5,10-13H2,(H,24,29)(H,27,28)/t19-,23-/m0/s1. The van der Waals surface area contributed by atoms with Gasteiger partial charge in [0.1, 0.15) is 18.2 Å². The van der Waals surface area contributed by atoms with Crippen LogP contribution in [-0.2, 0) is 14.3 Å². The van der Waals surface area contributed by atoms with Gasteiger partial charge in [0.15, 0.2) is 0 Å². The van der Waals surface area contributed by atoms with E-state index < -0.39 is 23.6 Å². The fraction of sp³-hybridized carbons (Fsp3) is 0.348. The second-order valence-corrected chi connectivity index (χ2v) is 8.16. The van der Waals surface area contributed by atoms with E-state index in [1.54, 1.807) is 0 Å². The molecule has 7 nitrogen and oxygen atoms in total. The maximum atomic E-state index is 12.6. The van der Waals surface area contributed by atoms with Crippen molar-refractivity contribution in [1.29, 1.82) is 0 Å². The van der Waals surface area contributed by atoms with Gasteiger partial charge in [-0.3, -0.25) is 4.79 Å². The van der Waals surface area contributed by atoms with Gasteiger partial charge in [-0.25, -0.2) is 9.59 Å². The minimum atomic E-state index is -1.20. The molecule has 0 saturated carbocycles. The molecule has 2 N–H and O–H groups in total. The van der Waals surface area contributed by atoms with Crippen molar-refractivity contribution in [1.82, 2.24) is 10.2 Å². The number of carbonyl (C=O) groups is 3. The Morgan fingerprint density at radius 3 is 2.33 bits per heavy atom. The number of rotatable bonds is 4. The number of carboxylic acid groups (broad SMARTS) is 1. The van der Waals surface area contributed by atoms with Gasteiger partial charge < -0.3 is 20.1 Å². The monoisotopic (exact) mass is 406 g/mol. The summed E-state index contributed by atoms with van der Waals surface area (Å²) >= 11 is 0. The van der Waals surface area contributed by atoms with E-state index >= 15 is 0 Å². The van der Waals surface area contributed by atoms with Gasteiger partial charge in [0, 0.05) is 18.9 Å². The lowest BCUT2D eigenvalue weighted by Gasteiger charge is -2.26. The van der Waals surface area contributed by atoms with Crippen LogP contribution in [0.1, 0.15) is 36.3 Å². The lowest BCUT2D eigenvalue weighted by molar-refractivity contribution is -0.151. The number of aliphatic carboxylic acids is 1. The number of hydrogen-bond acceptors (Lipinski definition) is 4. The highest BCUT2D eigenvalue weighted by Gasteiger charge is 2.58. The molecule has 2 aromatic rings. The number of carbonyl (C=O) groups excluding carboxylic acids is 2. The number of alkyl carbamates (subject to hydrolysis) is 1. The number of fused-ring (bicyclic) bond motifs is 4. The molecule has 0 unspecified atom stereocenters. The Kier molecular flexibility index (Phi) is 4.27. The van der Waals surface area contributed by atoms with Gasteiger partial charge in [0.05, 0.1) is 0 Å². The Labute approximate surface area is 173 Å². The van der Waals surface area contributed by atoms with E-state index in [4.69, 9.17) is 4.74 Å². The van der Waals surface area contributed by atoms with E-state index in [-0.39, 0.29) is 24.9 Å². The van der Waals surface area contributed by atoms with Crippen molar-refractivity contribution >= 4 is 18.0 Å². The third-order valence-corrected chi connectivity index (χ3v) is 6.63. The van der Waals surface area contributed by atoms with E-state index in [0.717, 1.165) is 22.3 Å². The normalized spacial score (nSPS) is 24.3. The Bertz CT molecular complexity index is 1010. The molecule has 30 heavy (non-hydrogen) atoms. The number of nitrogens with one attached hydrogen (secondary N) is 1. The largest absolute Gasteiger partial charge is 0.479 e. The first-order chi connectivity index (χ1) is 14.5. The maximum Gasteiger partial charge on any atom is 0.407 e. The fourth-order valence-corrected chi connectivity index (χ4v) is 5.23. The summed E-state index contributed by atoms with van der Waals surface area (Å²) in [6.45, 7) is 0.558. The molecular weight excluding hydrogens is 384 g/mol. The molecule has 2 amide bonds.